The molecular formula is C19H15Cl2N3O3. The van der Waals surface area contributed by atoms with Crippen molar-refractivity contribution in [2.24, 2.45) is 0 Å². The summed E-state index contributed by atoms with van der Waals surface area (Å²) in [5, 5.41) is 7.13. The number of halogens is 2. The van der Waals surface area contributed by atoms with Crippen molar-refractivity contribution in [3.05, 3.63) is 70.4 Å². The van der Waals surface area contributed by atoms with Crippen LogP contribution in [0.4, 0.5) is 5.69 Å². The molecule has 1 heterocycles. The molecule has 8 heteroatoms. The normalized spacial score (nSPS) is 10.5. The number of anilines is 1. The van der Waals surface area contributed by atoms with Gasteiger partial charge in [-0.25, -0.2) is 0 Å². The molecule has 0 aliphatic rings. The first-order valence-corrected chi connectivity index (χ1v) is 8.73. The van der Waals surface area contributed by atoms with Crippen molar-refractivity contribution in [3.8, 4) is 11.3 Å². The van der Waals surface area contributed by atoms with Gasteiger partial charge in [-0.3, -0.25) is 9.59 Å². The molecule has 1 aromatic heterocycles. The third kappa shape index (κ3) is 4.48. The second kappa shape index (κ2) is 8.24. The molecule has 27 heavy (non-hydrogen) atoms. The zero-order valence-electron chi connectivity index (χ0n) is 14.3. The lowest BCUT2D eigenvalue weighted by molar-refractivity contribution is -0.116. The third-order valence-electron chi connectivity index (χ3n) is 3.75. The Morgan fingerprint density at radius 2 is 1.74 bits per heavy atom. The van der Waals surface area contributed by atoms with Crippen molar-refractivity contribution in [1.29, 1.82) is 0 Å². The van der Waals surface area contributed by atoms with Crippen molar-refractivity contribution in [3.63, 3.8) is 0 Å². The first kappa shape index (κ1) is 18.9. The van der Waals surface area contributed by atoms with Crippen LogP contribution in [-0.4, -0.2) is 35.5 Å². The number of likely N-dealkylation sites (N-methyl/N-ethyl adjacent to an activating group) is 1. The maximum atomic E-state index is 12.5. The van der Waals surface area contributed by atoms with Gasteiger partial charge >= 0.3 is 0 Å². The quantitative estimate of drug-likeness (QED) is 0.686. The van der Waals surface area contributed by atoms with Crippen LogP contribution < -0.4 is 5.32 Å². The minimum atomic E-state index is -0.468. The van der Waals surface area contributed by atoms with Gasteiger partial charge in [0.25, 0.3) is 5.91 Å². The zero-order chi connectivity index (χ0) is 19.4. The predicted octanol–water partition coefficient (Wildman–Crippen LogP) is 4.36. The molecule has 2 amide bonds. The van der Waals surface area contributed by atoms with E-state index in [0.717, 1.165) is 5.56 Å². The lowest BCUT2D eigenvalue weighted by Gasteiger charge is -2.16. The average Bonchev–Trinajstić information content (AvgIpc) is 3.15. The monoisotopic (exact) mass is 403 g/mol. The first-order valence-electron chi connectivity index (χ1n) is 7.97. The van der Waals surface area contributed by atoms with Crippen LogP contribution in [-0.2, 0) is 4.79 Å². The van der Waals surface area contributed by atoms with Crippen LogP contribution in [0.2, 0.25) is 10.0 Å². The molecule has 3 aromatic rings. The lowest BCUT2D eigenvalue weighted by atomic mass is 10.1. The summed E-state index contributed by atoms with van der Waals surface area (Å²) in [5.74, 6) is -0.867. The van der Waals surface area contributed by atoms with E-state index in [1.807, 2.05) is 30.3 Å². The van der Waals surface area contributed by atoms with Gasteiger partial charge in [-0.1, -0.05) is 64.8 Å². The van der Waals surface area contributed by atoms with E-state index in [-0.39, 0.29) is 12.3 Å². The van der Waals surface area contributed by atoms with Gasteiger partial charge in [-0.15, -0.1) is 0 Å². The number of carbonyl (C=O) groups excluding carboxylic acids is 2. The molecule has 0 fully saturated rings. The molecule has 0 radical (unpaired) electrons. The van der Waals surface area contributed by atoms with E-state index in [1.54, 1.807) is 18.2 Å². The van der Waals surface area contributed by atoms with E-state index < -0.39 is 11.8 Å². The summed E-state index contributed by atoms with van der Waals surface area (Å²) in [7, 11) is 1.49. The van der Waals surface area contributed by atoms with Crippen molar-refractivity contribution in [2.75, 3.05) is 18.9 Å². The number of amides is 2. The Hall–Kier alpha value is -2.83. The minimum absolute atomic E-state index is 0.0416. The van der Waals surface area contributed by atoms with Crippen LogP contribution in [0.5, 0.6) is 0 Å². The van der Waals surface area contributed by atoms with E-state index >= 15 is 0 Å². The molecule has 3 rings (SSSR count). The summed E-state index contributed by atoms with van der Waals surface area (Å²) in [5.41, 5.74) is 1.67. The lowest BCUT2D eigenvalue weighted by Crippen LogP contribution is -2.34. The second-order valence-corrected chi connectivity index (χ2v) is 6.56. The van der Waals surface area contributed by atoms with Crippen LogP contribution in [0.3, 0.4) is 0 Å². The molecule has 6 nitrogen and oxygen atoms in total. The highest BCUT2D eigenvalue weighted by atomic mass is 35.5. The van der Waals surface area contributed by atoms with Gasteiger partial charge in [0, 0.05) is 18.7 Å². The molecule has 0 aliphatic heterocycles. The zero-order valence-corrected chi connectivity index (χ0v) is 15.8. The molecular weight excluding hydrogens is 389 g/mol. The summed E-state index contributed by atoms with van der Waals surface area (Å²) >= 11 is 12.1. The van der Waals surface area contributed by atoms with Gasteiger partial charge in [0.1, 0.15) is 5.69 Å². The maximum Gasteiger partial charge on any atom is 0.292 e. The Morgan fingerprint density at radius 3 is 2.41 bits per heavy atom. The van der Waals surface area contributed by atoms with Gasteiger partial charge in [0.15, 0.2) is 0 Å². The Balaban J connectivity index is 1.66. The molecule has 2 aromatic carbocycles. The number of para-hydroxylation sites is 1. The SMILES string of the molecule is CN(CC(=O)Nc1c(Cl)cccc1Cl)C(=O)c1cc(-c2ccccc2)no1. The van der Waals surface area contributed by atoms with Gasteiger partial charge in [-0.05, 0) is 12.1 Å². The topological polar surface area (TPSA) is 75.4 Å². The number of nitrogens with one attached hydrogen (secondary N) is 1. The maximum absolute atomic E-state index is 12.5. The Labute approximate surface area is 165 Å². The van der Waals surface area contributed by atoms with Crippen LogP contribution >= 0.6 is 23.2 Å². The van der Waals surface area contributed by atoms with Crippen LogP contribution in [0.1, 0.15) is 10.6 Å². The summed E-state index contributed by atoms with van der Waals surface area (Å²) in [6, 6.07) is 15.8. The number of benzene rings is 2. The van der Waals surface area contributed by atoms with Gasteiger partial charge < -0.3 is 14.7 Å². The highest BCUT2D eigenvalue weighted by Gasteiger charge is 2.21. The molecule has 0 bridgehead atoms. The molecule has 0 spiro atoms. The number of aromatic nitrogens is 1. The Bertz CT molecular complexity index is 953. The highest BCUT2D eigenvalue weighted by molar-refractivity contribution is 6.39. The van der Waals surface area contributed by atoms with E-state index in [4.69, 9.17) is 27.7 Å². The molecule has 138 valence electrons. The number of carbonyl (C=O) groups is 2. The summed E-state index contributed by atoms with van der Waals surface area (Å²) in [4.78, 5) is 25.9. The summed E-state index contributed by atoms with van der Waals surface area (Å²) < 4.78 is 5.12. The smallest absolute Gasteiger partial charge is 0.292 e. The van der Waals surface area contributed by atoms with Crippen LogP contribution in [0.15, 0.2) is 59.1 Å². The molecule has 0 saturated heterocycles. The van der Waals surface area contributed by atoms with E-state index in [9.17, 15) is 9.59 Å². The van der Waals surface area contributed by atoms with Crippen molar-refractivity contribution in [1.82, 2.24) is 10.1 Å². The fraction of sp³-hybridized carbons (Fsp3) is 0.105. The molecule has 0 saturated carbocycles. The number of hydrogen-bond donors (Lipinski definition) is 1. The molecule has 0 unspecified atom stereocenters. The number of hydrogen-bond acceptors (Lipinski definition) is 4. The standard InChI is InChI=1S/C19H15Cl2N3O3/c1-24(11-17(25)22-18-13(20)8-5-9-14(18)21)19(26)16-10-15(23-27-16)12-6-3-2-4-7-12/h2-10H,11H2,1H3,(H,22,25). The van der Waals surface area contributed by atoms with Crippen LogP contribution in [0.25, 0.3) is 11.3 Å². The fourth-order valence-electron chi connectivity index (χ4n) is 2.39. The predicted molar refractivity (Wildman–Crippen MR) is 104 cm³/mol. The Morgan fingerprint density at radius 1 is 1.07 bits per heavy atom. The van der Waals surface area contributed by atoms with Gasteiger partial charge in [0.05, 0.1) is 22.3 Å². The molecule has 1 N–H and O–H groups in total. The minimum Gasteiger partial charge on any atom is -0.350 e. The van der Waals surface area contributed by atoms with Gasteiger partial charge in [-0.2, -0.15) is 0 Å². The van der Waals surface area contributed by atoms with E-state index in [0.29, 0.717) is 21.4 Å². The first-order chi connectivity index (χ1) is 13.0. The Kier molecular flexibility index (Phi) is 5.78. The van der Waals surface area contributed by atoms with E-state index in [2.05, 4.69) is 10.5 Å². The summed E-state index contributed by atoms with van der Waals surface area (Å²) in [6.45, 7) is -0.207. The second-order valence-electron chi connectivity index (χ2n) is 5.75. The average molecular weight is 404 g/mol. The van der Waals surface area contributed by atoms with Crippen molar-refractivity contribution >= 4 is 40.7 Å². The summed E-state index contributed by atoms with van der Waals surface area (Å²) in [6.07, 6.45) is 0. The number of nitrogens with zero attached hydrogens (tertiary/aromatic N) is 2. The highest BCUT2D eigenvalue weighted by Crippen LogP contribution is 2.29. The van der Waals surface area contributed by atoms with E-state index in [1.165, 1.54) is 18.0 Å². The largest absolute Gasteiger partial charge is 0.350 e. The van der Waals surface area contributed by atoms with Crippen molar-refractivity contribution < 1.29 is 14.1 Å². The third-order valence-corrected chi connectivity index (χ3v) is 4.38. The van der Waals surface area contributed by atoms with Crippen LogP contribution in [0, 0.1) is 0 Å². The number of rotatable bonds is 5. The van der Waals surface area contributed by atoms with Crippen molar-refractivity contribution in [2.45, 2.75) is 0 Å². The fourth-order valence-corrected chi connectivity index (χ4v) is 2.88. The molecule has 0 atom stereocenters. The molecule has 0 aliphatic carbocycles. The van der Waals surface area contributed by atoms with Gasteiger partial charge in [0.2, 0.25) is 11.7 Å².